The molecule has 3 heterocycles. The quantitative estimate of drug-likeness (QED) is 0.585. The zero-order valence-corrected chi connectivity index (χ0v) is 20.0. The summed E-state index contributed by atoms with van der Waals surface area (Å²) in [5.41, 5.74) is 10.4. The van der Waals surface area contributed by atoms with Gasteiger partial charge < -0.3 is 20.1 Å². The lowest BCUT2D eigenvalue weighted by Gasteiger charge is -2.29. The van der Waals surface area contributed by atoms with E-state index < -0.39 is 0 Å². The Balaban J connectivity index is 1.47. The van der Waals surface area contributed by atoms with Gasteiger partial charge in [0.2, 0.25) is 5.95 Å². The monoisotopic (exact) mass is 473 g/mol. The van der Waals surface area contributed by atoms with Gasteiger partial charge in [-0.3, -0.25) is 9.69 Å². The number of aromatic nitrogens is 2. The topological polar surface area (TPSA) is 93.8 Å². The van der Waals surface area contributed by atoms with Gasteiger partial charge in [0.25, 0.3) is 5.91 Å². The third-order valence-corrected chi connectivity index (χ3v) is 6.79. The summed E-state index contributed by atoms with van der Waals surface area (Å²) in [6.45, 7) is 4.62. The molecule has 2 saturated heterocycles. The molecule has 0 aliphatic carbocycles. The Morgan fingerprint density at radius 3 is 2.80 bits per heavy atom. The van der Waals surface area contributed by atoms with Crippen LogP contribution in [0.1, 0.15) is 40.5 Å². The minimum Gasteiger partial charge on any atom is -0.497 e. The molecule has 1 atom stereocenters. The van der Waals surface area contributed by atoms with Crippen molar-refractivity contribution >= 4 is 11.9 Å². The van der Waals surface area contributed by atoms with E-state index in [2.05, 4.69) is 20.9 Å². The highest BCUT2D eigenvalue weighted by Crippen LogP contribution is 2.38. The second-order valence-electron chi connectivity index (χ2n) is 8.96. The third kappa shape index (κ3) is 4.99. The van der Waals surface area contributed by atoms with E-state index in [0.29, 0.717) is 6.54 Å². The first kappa shape index (κ1) is 23.3. The van der Waals surface area contributed by atoms with Crippen LogP contribution in [-0.2, 0) is 11.3 Å². The summed E-state index contributed by atoms with van der Waals surface area (Å²) >= 11 is 0. The molecule has 8 heteroatoms. The highest BCUT2D eigenvalue weighted by molar-refractivity contribution is 5.96. The Morgan fingerprint density at radius 2 is 1.97 bits per heavy atom. The number of carbonyl (C=O) groups is 1. The van der Waals surface area contributed by atoms with Crippen LogP contribution in [0.15, 0.2) is 54.7 Å². The molecule has 0 radical (unpaired) electrons. The van der Waals surface area contributed by atoms with Crippen LogP contribution in [0.4, 0.5) is 5.95 Å². The maximum Gasteiger partial charge on any atom is 0.254 e. The largest absolute Gasteiger partial charge is 0.497 e. The van der Waals surface area contributed by atoms with Gasteiger partial charge in [0.15, 0.2) is 0 Å². The van der Waals surface area contributed by atoms with Gasteiger partial charge in [0.1, 0.15) is 5.75 Å². The van der Waals surface area contributed by atoms with Crippen molar-refractivity contribution in [3.05, 3.63) is 71.5 Å². The van der Waals surface area contributed by atoms with Gasteiger partial charge in [-0.1, -0.05) is 30.3 Å². The molecule has 182 valence electrons. The van der Waals surface area contributed by atoms with Crippen LogP contribution in [-0.4, -0.2) is 65.6 Å². The molecule has 0 spiro atoms. The number of likely N-dealkylation sites (tertiary alicyclic amines) is 1. The average Bonchev–Trinajstić information content (AvgIpc) is 3.39. The standard InChI is InChI=1S/C27H31N5O3/c1-34-21-8-4-7-19(16-21)23-17-29-27(28)30-25(23)24-10-5-11-32(24)26(33)22-9-3-2-6-20(22)18-31-12-14-35-15-13-31/h2-4,6-9,16-17,24H,5,10-15,18H2,1H3,(H2,28,29,30)/t24-/m1/s1. The summed E-state index contributed by atoms with van der Waals surface area (Å²) < 4.78 is 10.9. The molecule has 2 aliphatic heterocycles. The van der Waals surface area contributed by atoms with Gasteiger partial charge in [0.05, 0.1) is 32.1 Å². The van der Waals surface area contributed by atoms with Crippen LogP contribution in [0.25, 0.3) is 11.1 Å². The van der Waals surface area contributed by atoms with Gasteiger partial charge in [-0.15, -0.1) is 0 Å². The predicted molar refractivity (Wildman–Crippen MR) is 134 cm³/mol. The van der Waals surface area contributed by atoms with Crippen molar-refractivity contribution in [2.45, 2.75) is 25.4 Å². The number of ether oxygens (including phenoxy) is 2. The maximum absolute atomic E-state index is 13.9. The zero-order valence-electron chi connectivity index (χ0n) is 20.0. The summed E-state index contributed by atoms with van der Waals surface area (Å²) in [5.74, 6) is 0.991. The first-order valence-corrected chi connectivity index (χ1v) is 12.1. The summed E-state index contributed by atoms with van der Waals surface area (Å²) in [5, 5.41) is 0. The molecule has 0 bridgehead atoms. The lowest BCUT2D eigenvalue weighted by Crippen LogP contribution is -2.37. The van der Waals surface area contributed by atoms with Crippen molar-refractivity contribution in [2.75, 3.05) is 45.7 Å². The van der Waals surface area contributed by atoms with Gasteiger partial charge >= 0.3 is 0 Å². The molecule has 2 N–H and O–H groups in total. The number of benzene rings is 2. The number of hydrogen-bond acceptors (Lipinski definition) is 7. The van der Waals surface area contributed by atoms with Crippen LogP contribution in [0, 0.1) is 0 Å². The number of nitrogen functional groups attached to an aromatic ring is 1. The second kappa shape index (κ2) is 10.4. The van der Waals surface area contributed by atoms with Gasteiger partial charge in [-0.05, 0) is 42.2 Å². The molecule has 35 heavy (non-hydrogen) atoms. The fourth-order valence-electron chi connectivity index (χ4n) is 4.99. The number of morpholine rings is 1. The summed E-state index contributed by atoms with van der Waals surface area (Å²) in [4.78, 5) is 27.1. The van der Waals surface area contributed by atoms with Gasteiger partial charge in [-0.25, -0.2) is 9.97 Å². The number of carbonyl (C=O) groups excluding carboxylic acids is 1. The number of hydrogen-bond donors (Lipinski definition) is 1. The molecule has 0 saturated carbocycles. The van der Waals surface area contributed by atoms with Crippen LogP contribution < -0.4 is 10.5 Å². The molecular formula is C27H31N5O3. The molecule has 1 aromatic heterocycles. The summed E-state index contributed by atoms with van der Waals surface area (Å²) in [6, 6.07) is 15.5. The maximum atomic E-state index is 13.9. The van der Waals surface area contributed by atoms with Gasteiger partial charge in [-0.2, -0.15) is 0 Å². The first-order valence-electron chi connectivity index (χ1n) is 12.1. The Morgan fingerprint density at radius 1 is 1.14 bits per heavy atom. The fraction of sp³-hybridized carbons (Fsp3) is 0.370. The Bertz CT molecular complexity index is 1190. The van der Waals surface area contributed by atoms with Crippen molar-refractivity contribution in [3.63, 3.8) is 0 Å². The first-order chi connectivity index (χ1) is 17.1. The minimum atomic E-state index is -0.176. The molecule has 8 nitrogen and oxygen atoms in total. The second-order valence-corrected chi connectivity index (χ2v) is 8.96. The zero-order chi connectivity index (χ0) is 24.2. The lowest BCUT2D eigenvalue weighted by atomic mass is 9.98. The molecule has 2 aromatic carbocycles. The smallest absolute Gasteiger partial charge is 0.254 e. The van der Waals surface area contributed by atoms with Gasteiger partial charge in [0, 0.05) is 43.5 Å². The highest BCUT2D eigenvalue weighted by atomic mass is 16.5. The predicted octanol–water partition coefficient (Wildman–Crippen LogP) is 3.54. The number of methoxy groups -OCH3 is 1. The van der Waals surface area contributed by atoms with Crippen LogP contribution in [0.3, 0.4) is 0 Å². The van der Waals surface area contributed by atoms with Crippen molar-refractivity contribution < 1.29 is 14.3 Å². The Kier molecular flexibility index (Phi) is 6.92. The van der Waals surface area contributed by atoms with E-state index in [0.717, 1.165) is 79.4 Å². The molecule has 2 aliphatic rings. The van der Waals surface area contributed by atoms with E-state index in [1.165, 1.54) is 0 Å². The Labute approximate surface area is 205 Å². The minimum absolute atomic E-state index is 0.0325. The van der Waals surface area contributed by atoms with Crippen LogP contribution in [0.5, 0.6) is 5.75 Å². The summed E-state index contributed by atoms with van der Waals surface area (Å²) in [7, 11) is 1.64. The lowest BCUT2D eigenvalue weighted by molar-refractivity contribution is 0.0339. The van der Waals surface area contributed by atoms with E-state index in [9.17, 15) is 4.79 Å². The molecule has 0 unspecified atom stereocenters. The van der Waals surface area contributed by atoms with E-state index in [-0.39, 0.29) is 17.9 Å². The molecule has 1 amide bonds. The Hall–Kier alpha value is -3.49. The third-order valence-electron chi connectivity index (χ3n) is 6.79. The van der Waals surface area contributed by atoms with E-state index in [1.807, 2.05) is 47.4 Å². The van der Waals surface area contributed by atoms with E-state index >= 15 is 0 Å². The van der Waals surface area contributed by atoms with Crippen LogP contribution >= 0.6 is 0 Å². The van der Waals surface area contributed by atoms with Crippen molar-refractivity contribution in [2.24, 2.45) is 0 Å². The summed E-state index contributed by atoms with van der Waals surface area (Å²) in [6.07, 6.45) is 3.48. The SMILES string of the molecule is COc1cccc(-c2cnc(N)nc2[C@H]2CCCN2C(=O)c2ccccc2CN2CCOCC2)c1. The molecule has 2 fully saturated rings. The number of anilines is 1. The number of nitrogens with zero attached hydrogens (tertiary/aromatic N) is 4. The molecular weight excluding hydrogens is 442 g/mol. The normalized spacial score (nSPS) is 18.5. The number of rotatable bonds is 6. The van der Waals surface area contributed by atoms with Crippen LogP contribution in [0.2, 0.25) is 0 Å². The van der Waals surface area contributed by atoms with Crippen molar-refractivity contribution in [3.8, 4) is 16.9 Å². The number of nitrogens with two attached hydrogens (primary N) is 1. The molecule has 3 aromatic rings. The van der Waals surface area contributed by atoms with E-state index in [1.54, 1.807) is 13.3 Å². The van der Waals surface area contributed by atoms with Crippen molar-refractivity contribution in [1.82, 2.24) is 19.8 Å². The molecule has 5 rings (SSSR count). The van der Waals surface area contributed by atoms with Crippen molar-refractivity contribution in [1.29, 1.82) is 0 Å². The fourth-order valence-corrected chi connectivity index (χ4v) is 4.99. The average molecular weight is 474 g/mol. The van der Waals surface area contributed by atoms with E-state index in [4.69, 9.17) is 15.2 Å². The highest BCUT2D eigenvalue weighted by Gasteiger charge is 2.34. The number of amides is 1.